The number of amides is 1. The zero-order valence-electron chi connectivity index (χ0n) is 25.3. The Hall–Kier alpha value is -4.93. The molecular formula is C31H28N5O9S2+. The molecule has 1 fully saturated rings. The number of esters is 1. The molecule has 0 saturated carbocycles. The van der Waals surface area contributed by atoms with Gasteiger partial charge in [0.1, 0.15) is 18.5 Å². The van der Waals surface area contributed by atoms with Gasteiger partial charge >= 0.3 is 5.97 Å². The van der Waals surface area contributed by atoms with Crippen LogP contribution in [0.4, 0.5) is 11.4 Å². The normalized spacial score (nSPS) is 19.4. The van der Waals surface area contributed by atoms with Crippen LogP contribution in [-0.4, -0.2) is 60.3 Å². The van der Waals surface area contributed by atoms with Crippen molar-refractivity contribution in [2.24, 2.45) is 11.8 Å². The minimum absolute atomic E-state index is 0.00252. The SMILES string of the molecule is CSc1c2sc(C3=C(C(=O)OCc4ccc([N+](=O)[O-])cc4)N4C(=O)[C@H]([C@@H](C)O)[C@H]4[C@H]3C)cn2c[n+]1CC(=O)c1ccc([N+](=O)[O-])cc1. The third-order valence-corrected chi connectivity index (χ3v) is 10.5. The van der Waals surface area contributed by atoms with Crippen molar-refractivity contribution in [3.8, 4) is 0 Å². The van der Waals surface area contributed by atoms with Crippen LogP contribution in [0.5, 0.6) is 0 Å². The number of aromatic nitrogens is 2. The van der Waals surface area contributed by atoms with Crippen LogP contribution < -0.4 is 4.57 Å². The highest BCUT2D eigenvalue weighted by Gasteiger charge is 2.60. The van der Waals surface area contributed by atoms with E-state index in [1.54, 1.807) is 17.8 Å². The number of nitrogens with zero attached hydrogens (tertiary/aromatic N) is 5. The standard InChI is InChI=1S/C31H28N5O9S2/c1-16-24(23-13-33-15-32(29(46-3)30(33)47-23)12-22(38)19-6-10-21(11-7-19)36(43)44)27(34-26(16)25(17(2)37)28(34)39)31(40)45-14-18-4-8-20(9-5-18)35(41)42/h4-11,13,15-17,25-26,37H,12,14H2,1-3H3/q+1/t16-,17+,25+,26+/m0/s1. The maximum Gasteiger partial charge on any atom is 0.355 e. The van der Waals surface area contributed by atoms with Crippen LogP contribution >= 0.6 is 23.1 Å². The Morgan fingerprint density at radius 3 is 2.28 bits per heavy atom. The number of aliphatic hydroxyl groups excluding tert-OH is 1. The number of non-ortho nitro benzene ring substituents is 2. The zero-order valence-corrected chi connectivity index (χ0v) is 26.9. The topological polar surface area (TPSA) is 178 Å². The van der Waals surface area contributed by atoms with E-state index in [0.29, 0.717) is 21.6 Å². The lowest BCUT2D eigenvalue weighted by Crippen LogP contribution is -2.63. The molecule has 2 aromatic carbocycles. The number of thiazole rings is 1. The number of Topliss-reactive ketones (excluding diaryl/α,β-unsaturated/α-hetero) is 1. The fraction of sp³-hybridized carbons (Fsp3) is 0.290. The molecule has 0 bridgehead atoms. The van der Waals surface area contributed by atoms with Gasteiger partial charge in [0.05, 0.1) is 32.8 Å². The maximum absolute atomic E-state index is 13.7. The predicted octanol–water partition coefficient (Wildman–Crippen LogP) is 4.02. The molecular weight excluding hydrogens is 651 g/mol. The summed E-state index contributed by atoms with van der Waals surface area (Å²) in [5.74, 6) is -2.32. The number of hydrogen-bond donors (Lipinski definition) is 1. The highest BCUT2D eigenvalue weighted by Crippen LogP contribution is 2.52. The number of rotatable bonds is 11. The number of fused-ring (bicyclic) bond motifs is 2. The van der Waals surface area contributed by atoms with Crippen LogP contribution in [0.1, 0.15) is 34.6 Å². The molecule has 1 saturated heterocycles. The average molecular weight is 679 g/mol. The van der Waals surface area contributed by atoms with Crippen LogP contribution in [0.3, 0.4) is 0 Å². The Labute approximate surface area is 275 Å². The van der Waals surface area contributed by atoms with E-state index < -0.39 is 33.9 Å². The second-order valence-electron chi connectivity index (χ2n) is 11.3. The number of ketones is 1. The lowest BCUT2D eigenvalue weighted by molar-refractivity contribution is -0.716. The minimum atomic E-state index is -0.919. The molecule has 4 atom stereocenters. The van der Waals surface area contributed by atoms with Crippen LogP contribution in [0.25, 0.3) is 10.4 Å². The lowest BCUT2D eigenvalue weighted by atomic mass is 9.77. The summed E-state index contributed by atoms with van der Waals surface area (Å²) in [5, 5.41) is 33.1. The van der Waals surface area contributed by atoms with E-state index in [2.05, 4.69) is 0 Å². The minimum Gasteiger partial charge on any atom is -0.456 e. The molecule has 47 heavy (non-hydrogen) atoms. The Morgan fingerprint density at radius 1 is 1.09 bits per heavy atom. The number of imidazole rings is 1. The maximum atomic E-state index is 13.7. The molecule has 0 aliphatic carbocycles. The van der Waals surface area contributed by atoms with Crippen molar-refractivity contribution >= 4 is 62.5 Å². The molecule has 4 heterocycles. The summed E-state index contributed by atoms with van der Waals surface area (Å²) in [6.45, 7) is 3.28. The number of nitro benzene ring substituents is 2. The second kappa shape index (κ2) is 12.4. The molecule has 2 aliphatic heterocycles. The molecule has 0 radical (unpaired) electrons. The Bertz CT molecular complexity index is 1980. The van der Waals surface area contributed by atoms with Gasteiger partial charge in [-0.15, -0.1) is 0 Å². The molecule has 0 unspecified atom stereocenters. The van der Waals surface area contributed by atoms with Gasteiger partial charge in [0.15, 0.2) is 6.54 Å². The highest BCUT2D eigenvalue weighted by molar-refractivity contribution is 7.98. The van der Waals surface area contributed by atoms with Crippen molar-refractivity contribution in [2.75, 3.05) is 6.26 Å². The summed E-state index contributed by atoms with van der Waals surface area (Å²) in [4.78, 5) is 63.8. The van der Waals surface area contributed by atoms with E-state index in [1.165, 1.54) is 76.5 Å². The van der Waals surface area contributed by atoms with Crippen LogP contribution in [-0.2, 0) is 27.5 Å². The van der Waals surface area contributed by atoms with E-state index in [9.17, 15) is 39.7 Å². The first kappa shape index (κ1) is 32.0. The van der Waals surface area contributed by atoms with Gasteiger partial charge in [0.2, 0.25) is 21.5 Å². The number of carbonyl (C=O) groups excluding carboxylic acids is 3. The summed E-state index contributed by atoms with van der Waals surface area (Å²) in [5.41, 5.74) is 1.38. The fourth-order valence-corrected chi connectivity index (χ4v) is 8.38. The first-order valence-electron chi connectivity index (χ1n) is 14.4. The fourth-order valence-electron chi connectivity index (χ4n) is 6.20. The van der Waals surface area contributed by atoms with Crippen LogP contribution in [0.15, 0.2) is 71.8 Å². The predicted molar refractivity (Wildman–Crippen MR) is 169 cm³/mol. The third kappa shape index (κ3) is 5.57. The molecule has 6 rings (SSSR count). The first-order valence-corrected chi connectivity index (χ1v) is 16.5. The largest absolute Gasteiger partial charge is 0.456 e. The van der Waals surface area contributed by atoms with Crippen molar-refractivity contribution < 1.29 is 38.6 Å². The molecule has 4 aromatic rings. The van der Waals surface area contributed by atoms with Crippen molar-refractivity contribution in [1.29, 1.82) is 0 Å². The average Bonchev–Trinajstić information content (AvgIpc) is 3.66. The Morgan fingerprint density at radius 2 is 1.70 bits per heavy atom. The molecule has 242 valence electrons. The number of aliphatic hydroxyl groups is 1. The first-order chi connectivity index (χ1) is 22.4. The Balaban J connectivity index is 1.31. The molecule has 1 N–H and O–H groups in total. The van der Waals surface area contributed by atoms with Gasteiger partial charge in [0, 0.05) is 41.3 Å². The quantitative estimate of drug-likeness (QED) is 0.0463. The summed E-state index contributed by atoms with van der Waals surface area (Å²) >= 11 is 2.82. The smallest absolute Gasteiger partial charge is 0.355 e. The number of nitro groups is 2. The molecule has 0 spiro atoms. The lowest BCUT2D eigenvalue weighted by Gasteiger charge is -2.46. The van der Waals surface area contributed by atoms with Gasteiger partial charge in [-0.1, -0.05) is 30.0 Å². The summed E-state index contributed by atoms with van der Waals surface area (Å²) < 4.78 is 9.26. The van der Waals surface area contributed by atoms with Crippen molar-refractivity contribution in [1.82, 2.24) is 9.30 Å². The van der Waals surface area contributed by atoms with Crippen molar-refractivity contribution in [3.63, 3.8) is 0 Å². The van der Waals surface area contributed by atoms with E-state index in [0.717, 1.165) is 9.86 Å². The van der Waals surface area contributed by atoms with Crippen molar-refractivity contribution in [3.05, 3.63) is 103 Å². The number of benzene rings is 2. The number of hydrogen-bond acceptors (Lipinski definition) is 11. The monoisotopic (exact) mass is 678 g/mol. The van der Waals surface area contributed by atoms with Gasteiger partial charge in [-0.2, -0.15) is 4.40 Å². The summed E-state index contributed by atoms with van der Waals surface area (Å²) in [6, 6.07) is 10.6. The van der Waals surface area contributed by atoms with E-state index >= 15 is 0 Å². The summed E-state index contributed by atoms with van der Waals surface area (Å²) in [7, 11) is 0. The second-order valence-corrected chi connectivity index (χ2v) is 13.1. The molecule has 2 aliphatic rings. The number of β-lactam (4-membered cyclic amide) rings is 1. The van der Waals surface area contributed by atoms with E-state index in [1.807, 2.05) is 23.8 Å². The highest BCUT2D eigenvalue weighted by atomic mass is 32.2. The molecule has 2 aromatic heterocycles. The molecule has 14 nitrogen and oxygen atoms in total. The third-order valence-electron chi connectivity index (χ3n) is 8.46. The van der Waals surface area contributed by atoms with Crippen LogP contribution in [0.2, 0.25) is 0 Å². The van der Waals surface area contributed by atoms with Gasteiger partial charge in [0.25, 0.3) is 17.7 Å². The van der Waals surface area contributed by atoms with E-state index in [-0.39, 0.29) is 47.8 Å². The Kier molecular flexibility index (Phi) is 8.42. The van der Waals surface area contributed by atoms with Crippen LogP contribution in [0, 0.1) is 32.1 Å². The molecule has 16 heteroatoms. The summed E-state index contributed by atoms with van der Waals surface area (Å²) in [6.07, 6.45) is 4.54. The van der Waals surface area contributed by atoms with Gasteiger partial charge < -0.3 is 14.7 Å². The van der Waals surface area contributed by atoms with Gasteiger partial charge in [-0.05, 0) is 43.0 Å². The van der Waals surface area contributed by atoms with E-state index in [4.69, 9.17) is 4.74 Å². The molecule has 1 amide bonds. The zero-order chi connectivity index (χ0) is 33.7. The number of thioether (sulfide) groups is 1. The number of carbonyl (C=O) groups is 3. The van der Waals surface area contributed by atoms with Gasteiger partial charge in [-0.3, -0.25) is 29.8 Å². The number of ether oxygens (including phenoxy) is 1. The van der Waals surface area contributed by atoms with Gasteiger partial charge in [-0.25, -0.2) is 9.36 Å². The van der Waals surface area contributed by atoms with Crippen molar-refractivity contribution in [2.45, 2.75) is 44.2 Å².